The van der Waals surface area contributed by atoms with Crippen LogP contribution in [0, 0.1) is 0 Å². The number of nitrogens with one attached hydrogen (secondary N) is 2. The summed E-state index contributed by atoms with van der Waals surface area (Å²) in [5.41, 5.74) is 1.20. The molecule has 0 saturated carbocycles. The predicted octanol–water partition coefficient (Wildman–Crippen LogP) is 3.49. The standard InChI is InChI=1S/C16H20N4O3S2/c1-4-7-8-25(22,23)20-13-9-14(24-16-17-10-18-19-16)15(21)12(6-3)11(13)5-2/h5-6,9-10,20-21H,2-4,7-8H2,1H3,(H,17,18,19). The van der Waals surface area contributed by atoms with Gasteiger partial charge in [0, 0.05) is 11.1 Å². The topological polar surface area (TPSA) is 108 Å². The SMILES string of the molecule is C=Cc1c(NS(=O)(=O)CCCC)cc(Sc2ncn[nH]2)c(O)c1C=C. The molecule has 0 fully saturated rings. The molecule has 0 aliphatic carbocycles. The van der Waals surface area contributed by atoms with E-state index in [1.807, 2.05) is 6.92 Å². The van der Waals surface area contributed by atoms with Gasteiger partial charge in [0.15, 0.2) is 5.16 Å². The lowest BCUT2D eigenvalue weighted by molar-refractivity contribution is 0.461. The van der Waals surface area contributed by atoms with Crippen LogP contribution in [0.2, 0.25) is 0 Å². The summed E-state index contributed by atoms with van der Waals surface area (Å²) >= 11 is 1.13. The van der Waals surface area contributed by atoms with Crippen molar-refractivity contribution in [3.05, 3.63) is 36.7 Å². The van der Waals surface area contributed by atoms with Crippen LogP contribution < -0.4 is 4.72 Å². The van der Waals surface area contributed by atoms with Crippen molar-refractivity contribution in [3.63, 3.8) is 0 Å². The van der Waals surface area contributed by atoms with Gasteiger partial charge in [-0.15, -0.1) is 0 Å². The average molecular weight is 380 g/mol. The first-order valence-electron chi connectivity index (χ1n) is 7.60. The number of rotatable bonds is 9. The Balaban J connectivity index is 2.49. The average Bonchev–Trinajstić information content (AvgIpc) is 3.08. The van der Waals surface area contributed by atoms with Crippen LogP contribution in [0.25, 0.3) is 12.2 Å². The highest BCUT2D eigenvalue weighted by atomic mass is 32.2. The summed E-state index contributed by atoms with van der Waals surface area (Å²) in [6.07, 6.45) is 5.62. The van der Waals surface area contributed by atoms with Crippen LogP contribution in [0.5, 0.6) is 5.75 Å². The maximum absolute atomic E-state index is 12.3. The Kier molecular flexibility index (Phi) is 6.27. The highest BCUT2D eigenvalue weighted by Gasteiger charge is 2.19. The van der Waals surface area contributed by atoms with Crippen molar-refractivity contribution in [1.29, 1.82) is 0 Å². The van der Waals surface area contributed by atoms with E-state index in [0.29, 0.717) is 33.3 Å². The van der Waals surface area contributed by atoms with Crippen molar-refractivity contribution < 1.29 is 13.5 Å². The molecule has 0 amide bonds. The molecular weight excluding hydrogens is 360 g/mol. The number of aromatic hydroxyl groups is 1. The summed E-state index contributed by atoms with van der Waals surface area (Å²) in [5.74, 6) is -0.00240. The molecule has 0 spiro atoms. The molecule has 0 aliphatic rings. The van der Waals surface area contributed by atoms with E-state index in [-0.39, 0.29) is 11.5 Å². The summed E-state index contributed by atoms with van der Waals surface area (Å²) in [6.45, 7) is 9.33. The van der Waals surface area contributed by atoms with E-state index in [9.17, 15) is 13.5 Å². The van der Waals surface area contributed by atoms with Crippen molar-refractivity contribution >= 4 is 39.6 Å². The molecular formula is C16H20N4O3S2. The van der Waals surface area contributed by atoms with Crippen molar-refractivity contribution in [1.82, 2.24) is 15.2 Å². The van der Waals surface area contributed by atoms with Gasteiger partial charge < -0.3 is 5.11 Å². The lowest BCUT2D eigenvalue weighted by Gasteiger charge is -2.16. The van der Waals surface area contributed by atoms with Gasteiger partial charge in [0.1, 0.15) is 12.1 Å². The zero-order valence-electron chi connectivity index (χ0n) is 13.8. The first kappa shape index (κ1) is 19.1. The number of phenolic OH excluding ortho intramolecular Hbond substituents is 1. The van der Waals surface area contributed by atoms with Crippen LogP contribution in [0.4, 0.5) is 5.69 Å². The maximum atomic E-state index is 12.3. The largest absolute Gasteiger partial charge is 0.506 e. The van der Waals surface area contributed by atoms with Gasteiger partial charge in [-0.2, -0.15) is 5.10 Å². The van der Waals surface area contributed by atoms with Crippen LogP contribution in [0.3, 0.4) is 0 Å². The minimum atomic E-state index is -3.50. The van der Waals surface area contributed by atoms with Crippen LogP contribution in [0.15, 0.2) is 35.6 Å². The molecule has 2 aromatic rings. The van der Waals surface area contributed by atoms with Gasteiger partial charge in [0.05, 0.1) is 16.3 Å². The van der Waals surface area contributed by atoms with Gasteiger partial charge in [0.25, 0.3) is 0 Å². The van der Waals surface area contributed by atoms with E-state index in [1.54, 1.807) is 6.07 Å². The second-order valence-corrected chi connectivity index (χ2v) is 8.05. The Hall–Kier alpha value is -2.26. The number of hydrogen-bond acceptors (Lipinski definition) is 6. The molecule has 0 bridgehead atoms. The molecule has 7 nitrogen and oxygen atoms in total. The number of nitrogens with zero attached hydrogens (tertiary/aromatic N) is 2. The normalized spacial score (nSPS) is 11.2. The molecule has 1 aromatic heterocycles. The third kappa shape index (κ3) is 4.64. The summed E-state index contributed by atoms with van der Waals surface area (Å²) in [4.78, 5) is 4.42. The third-order valence-electron chi connectivity index (χ3n) is 3.38. The molecule has 0 saturated heterocycles. The Morgan fingerprint density at radius 2 is 2.08 bits per heavy atom. The number of hydrogen-bond donors (Lipinski definition) is 3. The Bertz CT molecular complexity index is 862. The van der Waals surface area contributed by atoms with Gasteiger partial charge in [-0.25, -0.2) is 13.4 Å². The number of unbranched alkanes of at least 4 members (excludes halogenated alkanes) is 1. The van der Waals surface area contributed by atoms with E-state index in [2.05, 4.69) is 33.1 Å². The second-order valence-electron chi connectivity index (χ2n) is 5.17. The molecule has 9 heteroatoms. The summed E-state index contributed by atoms with van der Waals surface area (Å²) in [7, 11) is -3.50. The minimum absolute atomic E-state index is 0.0228. The van der Waals surface area contributed by atoms with Crippen LogP contribution in [-0.4, -0.2) is 34.5 Å². The Labute approximate surface area is 151 Å². The number of aromatic nitrogens is 3. The monoisotopic (exact) mass is 380 g/mol. The molecule has 1 aromatic carbocycles. The van der Waals surface area contributed by atoms with Crippen LogP contribution >= 0.6 is 11.8 Å². The molecule has 1 heterocycles. The molecule has 0 atom stereocenters. The van der Waals surface area contributed by atoms with E-state index >= 15 is 0 Å². The lowest BCUT2D eigenvalue weighted by atomic mass is 10.0. The summed E-state index contributed by atoms with van der Waals surface area (Å²) in [5, 5.41) is 17.4. The van der Waals surface area contributed by atoms with E-state index in [1.165, 1.54) is 18.5 Å². The Morgan fingerprint density at radius 3 is 2.64 bits per heavy atom. The highest BCUT2D eigenvalue weighted by Crippen LogP contribution is 2.41. The molecule has 0 aliphatic heterocycles. The van der Waals surface area contributed by atoms with E-state index in [4.69, 9.17) is 0 Å². The molecule has 2 rings (SSSR count). The maximum Gasteiger partial charge on any atom is 0.232 e. The number of anilines is 1. The smallest absolute Gasteiger partial charge is 0.232 e. The first-order valence-corrected chi connectivity index (χ1v) is 10.1. The number of H-pyrrole nitrogens is 1. The van der Waals surface area contributed by atoms with Gasteiger partial charge in [0.2, 0.25) is 10.0 Å². The number of aromatic amines is 1. The highest BCUT2D eigenvalue weighted by molar-refractivity contribution is 7.99. The van der Waals surface area contributed by atoms with E-state index < -0.39 is 10.0 Å². The Morgan fingerprint density at radius 1 is 1.36 bits per heavy atom. The summed E-state index contributed by atoms with van der Waals surface area (Å²) in [6, 6.07) is 1.55. The minimum Gasteiger partial charge on any atom is -0.506 e. The number of phenols is 1. The predicted molar refractivity (Wildman–Crippen MR) is 101 cm³/mol. The van der Waals surface area contributed by atoms with Gasteiger partial charge in [-0.05, 0) is 24.2 Å². The van der Waals surface area contributed by atoms with Gasteiger partial charge in [-0.1, -0.05) is 38.7 Å². The third-order valence-corrected chi connectivity index (χ3v) is 5.66. The second kappa shape index (κ2) is 8.21. The fourth-order valence-electron chi connectivity index (χ4n) is 2.17. The number of sulfonamides is 1. The molecule has 0 radical (unpaired) electrons. The molecule has 0 unspecified atom stereocenters. The quantitative estimate of drug-likeness (QED) is 0.575. The fraction of sp³-hybridized carbons (Fsp3) is 0.250. The summed E-state index contributed by atoms with van der Waals surface area (Å²) < 4.78 is 27.1. The molecule has 134 valence electrons. The number of benzene rings is 1. The van der Waals surface area contributed by atoms with Crippen LogP contribution in [-0.2, 0) is 10.0 Å². The zero-order valence-corrected chi connectivity index (χ0v) is 15.5. The van der Waals surface area contributed by atoms with Crippen molar-refractivity contribution in [2.75, 3.05) is 10.5 Å². The molecule has 3 N–H and O–H groups in total. The van der Waals surface area contributed by atoms with Gasteiger partial charge in [-0.3, -0.25) is 9.82 Å². The van der Waals surface area contributed by atoms with Gasteiger partial charge >= 0.3 is 0 Å². The van der Waals surface area contributed by atoms with E-state index in [0.717, 1.165) is 18.2 Å². The van der Waals surface area contributed by atoms with Crippen molar-refractivity contribution in [3.8, 4) is 5.75 Å². The first-order chi connectivity index (χ1) is 11.9. The fourth-order valence-corrected chi connectivity index (χ4v) is 4.24. The zero-order chi connectivity index (χ0) is 18.4. The van der Waals surface area contributed by atoms with Crippen molar-refractivity contribution in [2.45, 2.75) is 29.8 Å². The van der Waals surface area contributed by atoms with Crippen molar-refractivity contribution in [2.24, 2.45) is 0 Å². The molecule has 25 heavy (non-hydrogen) atoms. The lowest BCUT2D eigenvalue weighted by Crippen LogP contribution is -2.17. The van der Waals surface area contributed by atoms with Crippen LogP contribution in [0.1, 0.15) is 30.9 Å².